The maximum atomic E-state index is 11.5. The Morgan fingerprint density at radius 1 is 1.38 bits per heavy atom. The molecule has 0 radical (unpaired) electrons. The molecule has 120 valence electrons. The highest BCUT2D eigenvalue weighted by Crippen LogP contribution is 2.18. The topological polar surface area (TPSA) is 76.0 Å². The van der Waals surface area contributed by atoms with Gasteiger partial charge in [-0.2, -0.15) is 0 Å². The van der Waals surface area contributed by atoms with Gasteiger partial charge >= 0.3 is 0 Å². The van der Waals surface area contributed by atoms with Gasteiger partial charge in [0.2, 0.25) is 0 Å². The third-order valence-electron chi connectivity index (χ3n) is 3.36. The van der Waals surface area contributed by atoms with E-state index in [-0.39, 0.29) is 12.2 Å². The number of carbonyl (C=O) groups is 1. The minimum Gasteiger partial charge on any atom is -0.394 e. The van der Waals surface area contributed by atoms with E-state index >= 15 is 0 Å². The number of allylic oxidation sites excluding steroid dienone is 3. The lowest BCUT2D eigenvalue weighted by Gasteiger charge is -2.31. The van der Waals surface area contributed by atoms with Crippen LogP contribution in [-0.4, -0.2) is 47.7 Å². The molecule has 0 amide bonds. The molecule has 1 rings (SSSR count). The fourth-order valence-electron chi connectivity index (χ4n) is 2.04. The fraction of sp³-hybridized carbons (Fsp3) is 0.688. The van der Waals surface area contributed by atoms with E-state index in [1.807, 2.05) is 13.0 Å². The Balaban J connectivity index is 2.34. The predicted molar refractivity (Wildman–Crippen MR) is 79.8 cm³/mol. The highest BCUT2D eigenvalue weighted by atomic mass is 16.7. The fourth-order valence-corrected chi connectivity index (χ4v) is 2.04. The lowest BCUT2D eigenvalue weighted by atomic mass is 10.0. The second-order valence-corrected chi connectivity index (χ2v) is 5.61. The molecule has 1 fully saturated rings. The second-order valence-electron chi connectivity index (χ2n) is 5.61. The molecule has 3 atom stereocenters. The average molecular weight is 298 g/mol. The van der Waals surface area contributed by atoms with E-state index in [1.54, 1.807) is 0 Å². The summed E-state index contributed by atoms with van der Waals surface area (Å²) < 4.78 is 10.8. The molecule has 0 saturated carbocycles. The lowest BCUT2D eigenvalue weighted by molar-refractivity contribution is -0.219. The molecule has 5 heteroatoms. The van der Waals surface area contributed by atoms with Crippen LogP contribution in [0.3, 0.4) is 0 Å². The maximum absolute atomic E-state index is 11.5. The Labute approximate surface area is 126 Å². The summed E-state index contributed by atoms with van der Waals surface area (Å²) in [6, 6.07) is 0. The van der Waals surface area contributed by atoms with Crippen LogP contribution in [0.15, 0.2) is 23.3 Å². The van der Waals surface area contributed by atoms with Gasteiger partial charge in [-0.15, -0.1) is 0 Å². The second kappa shape index (κ2) is 9.10. The van der Waals surface area contributed by atoms with Gasteiger partial charge in [0.15, 0.2) is 12.1 Å². The van der Waals surface area contributed by atoms with Crippen molar-refractivity contribution in [1.29, 1.82) is 0 Å². The van der Waals surface area contributed by atoms with Crippen LogP contribution in [0.4, 0.5) is 0 Å². The van der Waals surface area contributed by atoms with Crippen molar-refractivity contribution in [3.63, 3.8) is 0 Å². The van der Waals surface area contributed by atoms with Crippen molar-refractivity contribution in [3.05, 3.63) is 23.3 Å². The standard InChI is InChI=1S/C16H26O5/c1-11(2)5-4-6-12(3)7-8-20-15-9-13(18)16(19)14(10-17)21-15/h5,7,14-17,19H,4,6,8-10H2,1-3H3/b12-7+/t14-,15-,16+/m1/s1. The summed E-state index contributed by atoms with van der Waals surface area (Å²) in [5.74, 6) is -0.352. The van der Waals surface area contributed by atoms with E-state index in [0.29, 0.717) is 6.61 Å². The molecule has 0 spiro atoms. The van der Waals surface area contributed by atoms with Crippen molar-refractivity contribution in [3.8, 4) is 0 Å². The zero-order chi connectivity index (χ0) is 15.8. The Hall–Kier alpha value is -1.01. The van der Waals surface area contributed by atoms with E-state index in [9.17, 15) is 9.90 Å². The minimum atomic E-state index is -1.25. The van der Waals surface area contributed by atoms with Gasteiger partial charge in [0.1, 0.15) is 12.2 Å². The van der Waals surface area contributed by atoms with Crippen LogP contribution in [0.1, 0.15) is 40.0 Å². The molecule has 0 unspecified atom stereocenters. The molecule has 1 aliphatic heterocycles. The molecule has 0 bridgehead atoms. The monoisotopic (exact) mass is 298 g/mol. The van der Waals surface area contributed by atoms with E-state index in [0.717, 1.165) is 12.8 Å². The summed E-state index contributed by atoms with van der Waals surface area (Å²) in [4.78, 5) is 11.5. The molecule has 1 saturated heterocycles. The number of Topliss-reactive ketones (excluding diaryl/α,β-unsaturated/α-hetero) is 1. The molecule has 0 aromatic rings. The number of rotatable bonds is 7. The van der Waals surface area contributed by atoms with Crippen LogP contribution >= 0.6 is 0 Å². The number of ketones is 1. The zero-order valence-corrected chi connectivity index (χ0v) is 13.0. The van der Waals surface area contributed by atoms with Gasteiger partial charge in [-0.05, 0) is 33.6 Å². The number of hydrogen-bond acceptors (Lipinski definition) is 5. The number of hydrogen-bond donors (Lipinski definition) is 2. The predicted octanol–water partition coefficient (Wildman–Crippen LogP) is 1.73. The molecule has 2 N–H and O–H groups in total. The molecule has 1 heterocycles. The van der Waals surface area contributed by atoms with Crippen LogP contribution < -0.4 is 0 Å². The molecular weight excluding hydrogens is 272 g/mol. The molecule has 1 aliphatic rings. The van der Waals surface area contributed by atoms with Crippen LogP contribution in [0.2, 0.25) is 0 Å². The van der Waals surface area contributed by atoms with Crippen LogP contribution in [0, 0.1) is 0 Å². The van der Waals surface area contributed by atoms with Gasteiger partial charge in [-0.3, -0.25) is 4.79 Å². The highest BCUT2D eigenvalue weighted by molar-refractivity contribution is 5.84. The van der Waals surface area contributed by atoms with Crippen molar-refractivity contribution in [2.75, 3.05) is 13.2 Å². The number of aliphatic hydroxyl groups is 2. The normalized spacial score (nSPS) is 26.8. The van der Waals surface area contributed by atoms with Crippen molar-refractivity contribution in [2.24, 2.45) is 0 Å². The third kappa shape index (κ3) is 6.52. The largest absolute Gasteiger partial charge is 0.394 e. The zero-order valence-electron chi connectivity index (χ0n) is 13.0. The van der Waals surface area contributed by atoms with E-state index < -0.39 is 25.1 Å². The Kier molecular flexibility index (Phi) is 7.82. The maximum Gasteiger partial charge on any atom is 0.169 e. The van der Waals surface area contributed by atoms with Crippen molar-refractivity contribution >= 4 is 5.78 Å². The summed E-state index contributed by atoms with van der Waals surface area (Å²) in [6.07, 6.45) is 3.30. The number of ether oxygens (including phenoxy) is 2. The SMILES string of the molecule is CC(C)=CCC/C(C)=C/CO[C@H]1CC(=O)[C@H](O)[C@@H](CO)O1. The van der Waals surface area contributed by atoms with Crippen LogP contribution in [0.25, 0.3) is 0 Å². The van der Waals surface area contributed by atoms with Crippen LogP contribution in [0.5, 0.6) is 0 Å². The van der Waals surface area contributed by atoms with E-state index in [2.05, 4.69) is 19.9 Å². The van der Waals surface area contributed by atoms with Crippen molar-refractivity contribution in [1.82, 2.24) is 0 Å². The van der Waals surface area contributed by atoms with Gasteiger partial charge < -0.3 is 19.7 Å². The first-order valence-electron chi connectivity index (χ1n) is 7.31. The Morgan fingerprint density at radius 2 is 2.10 bits per heavy atom. The van der Waals surface area contributed by atoms with Gasteiger partial charge in [0.05, 0.1) is 19.6 Å². The highest BCUT2D eigenvalue weighted by Gasteiger charge is 2.36. The first-order valence-corrected chi connectivity index (χ1v) is 7.31. The molecule has 21 heavy (non-hydrogen) atoms. The minimum absolute atomic E-state index is 0.0162. The van der Waals surface area contributed by atoms with Gasteiger partial charge in [0.25, 0.3) is 0 Å². The number of carbonyl (C=O) groups excluding carboxylic acids is 1. The molecule has 0 aromatic carbocycles. The first kappa shape index (κ1) is 18.0. The first-order chi connectivity index (χ1) is 9.93. The quantitative estimate of drug-likeness (QED) is 0.700. The Bertz CT molecular complexity index is 395. The molecular formula is C16H26O5. The lowest BCUT2D eigenvalue weighted by Crippen LogP contribution is -2.48. The van der Waals surface area contributed by atoms with Gasteiger partial charge in [-0.1, -0.05) is 23.3 Å². The number of aliphatic hydroxyl groups excluding tert-OH is 2. The van der Waals surface area contributed by atoms with Crippen molar-refractivity contribution in [2.45, 2.75) is 58.5 Å². The molecule has 0 aromatic heterocycles. The summed E-state index contributed by atoms with van der Waals surface area (Å²) in [5.41, 5.74) is 2.52. The molecule has 0 aliphatic carbocycles. The summed E-state index contributed by atoms with van der Waals surface area (Å²) in [5, 5.41) is 18.5. The summed E-state index contributed by atoms with van der Waals surface area (Å²) in [6.45, 7) is 6.14. The molecule has 5 nitrogen and oxygen atoms in total. The summed E-state index contributed by atoms with van der Waals surface area (Å²) >= 11 is 0. The van der Waals surface area contributed by atoms with Crippen molar-refractivity contribution < 1.29 is 24.5 Å². The average Bonchev–Trinajstić information content (AvgIpc) is 2.42. The Morgan fingerprint density at radius 3 is 2.71 bits per heavy atom. The van der Waals surface area contributed by atoms with E-state index in [4.69, 9.17) is 14.6 Å². The third-order valence-corrected chi connectivity index (χ3v) is 3.36. The van der Waals surface area contributed by atoms with Crippen LogP contribution in [-0.2, 0) is 14.3 Å². The summed E-state index contributed by atoms with van der Waals surface area (Å²) in [7, 11) is 0. The smallest absolute Gasteiger partial charge is 0.169 e. The van der Waals surface area contributed by atoms with Gasteiger partial charge in [-0.25, -0.2) is 0 Å². The van der Waals surface area contributed by atoms with Gasteiger partial charge in [0, 0.05) is 0 Å². The van der Waals surface area contributed by atoms with E-state index in [1.165, 1.54) is 11.1 Å².